The highest BCUT2D eigenvalue weighted by Crippen LogP contribution is 2.16. The zero-order chi connectivity index (χ0) is 11.0. The van der Waals surface area contributed by atoms with Gasteiger partial charge in [0.1, 0.15) is 8.24 Å². The van der Waals surface area contributed by atoms with E-state index in [-0.39, 0.29) is 0 Å². The Morgan fingerprint density at radius 2 is 1.29 bits per heavy atom. The first-order valence-electron chi connectivity index (χ1n) is 6.15. The molecule has 0 fully saturated rings. The summed E-state index contributed by atoms with van der Waals surface area (Å²) in [7, 11) is -1.10. The third-order valence-corrected chi connectivity index (χ3v) is 8.57. The summed E-state index contributed by atoms with van der Waals surface area (Å²) < 4.78 is 0. The smallest absolute Gasteiger partial charge is 0.125 e. The molecule has 0 spiro atoms. The Kier molecular flexibility index (Phi) is 7.50. The maximum Gasteiger partial charge on any atom is 0.125 e. The average Bonchev–Trinajstić information content (AvgIpc) is 2.26. The molecule has 2 nitrogen and oxygen atoms in total. The maximum atomic E-state index is 3.85. The Morgan fingerprint density at radius 3 is 1.57 bits per heavy atom. The standard InChI is InChI=1S/C11H28N2Si/c1-6-13(7-2)11-12-14(8-3,9-4)10-5/h12H,6-11H2,1-5H3. The molecule has 14 heavy (non-hydrogen) atoms. The van der Waals surface area contributed by atoms with Crippen molar-refractivity contribution in [1.29, 1.82) is 0 Å². The molecule has 0 aliphatic heterocycles. The van der Waals surface area contributed by atoms with Gasteiger partial charge >= 0.3 is 0 Å². The Hall–Kier alpha value is 0.137. The van der Waals surface area contributed by atoms with E-state index >= 15 is 0 Å². The highest BCUT2D eigenvalue weighted by Gasteiger charge is 2.26. The lowest BCUT2D eigenvalue weighted by Crippen LogP contribution is -2.53. The number of nitrogens with zero attached hydrogens (tertiary/aromatic N) is 1. The summed E-state index contributed by atoms with van der Waals surface area (Å²) in [5, 5.41) is 0. The summed E-state index contributed by atoms with van der Waals surface area (Å²) >= 11 is 0. The van der Waals surface area contributed by atoms with Crippen molar-refractivity contribution in [3.8, 4) is 0 Å². The molecule has 0 aromatic rings. The predicted molar refractivity (Wildman–Crippen MR) is 68.1 cm³/mol. The molecule has 0 aliphatic rings. The van der Waals surface area contributed by atoms with Crippen LogP contribution in [-0.4, -0.2) is 32.9 Å². The van der Waals surface area contributed by atoms with Crippen LogP contribution < -0.4 is 4.98 Å². The SMILES string of the molecule is CCN(CC)CN[Si](CC)(CC)CC. The van der Waals surface area contributed by atoms with Gasteiger partial charge in [-0.25, -0.2) is 0 Å². The first-order chi connectivity index (χ1) is 6.67. The second kappa shape index (κ2) is 7.43. The molecule has 0 saturated carbocycles. The maximum absolute atomic E-state index is 3.85. The fraction of sp³-hybridized carbons (Fsp3) is 1.00. The molecule has 1 N–H and O–H groups in total. The van der Waals surface area contributed by atoms with Crippen molar-refractivity contribution in [3.63, 3.8) is 0 Å². The summed E-state index contributed by atoms with van der Waals surface area (Å²) in [4.78, 5) is 6.31. The van der Waals surface area contributed by atoms with Crippen LogP contribution in [0.2, 0.25) is 18.1 Å². The largest absolute Gasteiger partial charge is 0.325 e. The van der Waals surface area contributed by atoms with E-state index in [4.69, 9.17) is 0 Å². The molecule has 0 radical (unpaired) electrons. The van der Waals surface area contributed by atoms with E-state index < -0.39 is 8.24 Å². The molecule has 0 unspecified atom stereocenters. The molecule has 0 aromatic carbocycles. The van der Waals surface area contributed by atoms with Crippen molar-refractivity contribution < 1.29 is 0 Å². The summed E-state index contributed by atoms with van der Waals surface area (Å²) in [6.07, 6.45) is 0. The highest BCUT2D eigenvalue weighted by atomic mass is 28.3. The normalized spacial score (nSPS) is 12.4. The number of hydrogen-bond donors (Lipinski definition) is 1. The van der Waals surface area contributed by atoms with Crippen LogP contribution in [0.3, 0.4) is 0 Å². The van der Waals surface area contributed by atoms with Gasteiger partial charge in [-0.1, -0.05) is 34.6 Å². The van der Waals surface area contributed by atoms with Crippen molar-refractivity contribution in [3.05, 3.63) is 0 Å². The monoisotopic (exact) mass is 216 g/mol. The van der Waals surface area contributed by atoms with Crippen LogP contribution in [0.4, 0.5) is 0 Å². The minimum Gasteiger partial charge on any atom is -0.325 e. The Morgan fingerprint density at radius 1 is 0.857 bits per heavy atom. The van der Waals surface area contributed by atoms with Gasteiger partial charge in [-0.15, -0.1) is 0 Å². The molecular formula is C11H28N2Si. The van der Waals surface area contributed by atoms with Gasteiger partial charge in [0.2, 0.25) is 0 Å². The van der Waals surface area contributed by atoms with Gasteiger partial charge in [-0.2, -0.15) is 0 Å². The molecule has 0 atom stereocenters. The van der Waals surface area contributed by atoms with Crippen LogP contribution >= 0.6 is 0 Å². The van der Waals surface area contributed by atoms with Crippen molar-refractivity contribution in [1.82, 2.24) is 9.88 Å². The van der Waals surface area contributed by atoms with Crippen LogP contribution in [0.15, 0.2) is 0 Å². The van der Waals surface area contributed by atoms with Crippen LogP contribution in [0.25, 0.3) is 0 Å². The highest BCUT2D eigenvalue weighted by molar-refractivity contribution is 6.77. The van der Waals surface area contributed by atoms with Crippen LogP contribution in [0.5, 0.6) is 0 Å². The summed E-state index contributed by atoms with van der Waals surface area (Å²) in [6.45, 7) is 14.9. The fourth-order valence-corrected chi connectivity index (χ4v) is 4.66. The van der Waals surface area contributed by atoms with Gasteiger partial charge in [0, 0.05) is 6.67 Å². The molecule has 0 aromatic heterocycles. The Labute approximate surface area is 91.2 Å². The molecule has 0 aliphatic carbocycles. The second-order valence-electron chi connectivity index (χ2n) is 3.98. The quantitative estimate of drug-likeness (QED) is 0.496. The van der Waals surface area contributed by atoms with Crippen molar-refractivity contribution in [2.75, 3.05) is 19.8 Å². The summed E-state index contributed by atoms with van der Waals surface area (Å²) in [5.74, 6) is 0. The number of nitrogens with one attached hydrogen (secondary N) is 1. The van der Waals surface area contributed by atoms with Gasteiger partial charge < -0.3 is 4.98 Å². The summed E-state index contributed by atoms with van der Waals surface area (Å²) in [6, 6.07) is 4.09. The van der Waals surface area contributed by atoms with E-state index in [1.54, 1.807) is 0 Å². The van der Waals surface area contributed by atoms with E-state index in [1.165, 1.54) is 18.1 Å². The summed E-state index contributed by atoms with van der Waals surface area (Å²) in [5.41, 5.74) is 0. The third kappa shape index (κ3) is 4.11. The van der Waals surface area contributed by atoms with Crippen molar-refractivity contribution in [2.24, 2.45) is 0 Å². The van der Waals surface area contributed by atoms with Gasteiger partial charge in [0.15, 0.2) is 0 Å². The van der Waals surface area contributed by atoms with E-state index in [1.807, 2.05) is 0 Å². The van der Waals surface area contributed by atoms with E-state index in [9.17, 15) is 0 Å². The van der Waals surface area contributed by atoms with Gasteiger partial charge in [0.25, 0.3) is 0 Å². The minimum absolute atomic E-state index is 1.09. The lowest BCUT2D eigenvalue weighted by molar-refractivity contribution is 0.298. The molecule has 3 heteroatoms. The molecular weight excluding hydrogens is 188 g/mol. The topological polar surface area (TPSA) is 15.3 Å². The lowest BCUT2D eigenvalue weighted by Gasteiger charge is -2.32. The number of rotatable bonds is 8. The second-order valence-corrected chi connectivity index (χ2v) is 9.01. The zero-order valence-corrected chi connectivity index (χ0v) is 11.7. The Balaban J connectivity index is 4.04. The molecule has 0 saturated heterocycles. The molecule has 86 valence electrons. The van der Waals surface area contributed by atoms with Crippen LogP contribution in [0.1, 0.15) is 34.6 Å². The van der Waals surface area contributed by atoms with Crippen LogP contribution in [0, 0.1) is 0 Å². The van der Waals surface area contributed by atoms with Gasteiger partial charge in [0.05, 0.1) is 0 Å². The third-order valence-electron chi connectivity index (χ3n) is 3.60. The first-order valence-corrected chi connectivity index (χ1v) is 8.77. The van der Waals surface area contributed by atoms with Crippen molar-refractivity contribution >= 4 is 8.24 Å². The van der Waals surface area contributed by atoms with Crippen LogP contribution in [-0.2, 0) is 0 Å². The zero-order valence-electron chi connectivity index (χ0n) is 10.7. The Bertz CT molecular complexity index is 123. The molecule has 0 rings (SSSR count). The minimum atomic E-state index is -1.10. The predicted octanol–water partition coefficient (Wildman–Crippen LogP) is 2.88. The average molecular weight is 216 g/mol. The molecule has 0 amide bonds. The van der Waals surface area contributed by atoms with Crippen molar-refractivity contribution in [2.45, 2.75) is 52.8 Å². The first kappa shape index (κ1) is 14.1. The van der Waals surface area contributed by atoms with E-state index in [0.29, 0.717) is 0 Å². The lowest BCUT2D eigenvalue weighted by atomic mass is 10.6. The number of hydrogen-bond acceptors (Lipinski definition) is 2. The molecule has 0 bridgehead atoms. The fourth-order valence-electron chi connectivity index (χ4n) is 1.85. The van der Waals surface area contributed by atoms with E-state index in [2.05, 4.69) is 44.5 Å². The van der Waals surface area contributed by atoms with E-state index in [0.717, 1.165) is 19.8 Å². The van der Waals surface area contributed by atoms with Gasteiger partial charge in [-0.05, 0) is 31.2 Å². The van der Waals surface area contributed by atoms with Gasteiger partial charge in [-0.3, -0.25) is 4.90 Å². The molecule has 0 heterocycles.